The first-order chi connectivity index (χ1) is 8.71. The van der Waals surface area contributed by atoms with E-state index >= 15 is 0 Å². The molecule has 102 valence electrons. The fourth-order valence-electron chi connectivity index (χ4n) is 2.38. The van der Waals surface area contributed by atoms with Crippen molar-refractivity contribution in [3.63, 3.8) is 0 Å². The van der Waals surface area contributed by atoms with Gasteiger partial charge in [0.2, 0.25) is 5.91 Å². The van der Waals surface area contributed by atoms with Crippen molar-refractivity contribution < 1.29 is 9.90 Å². The summed E-state index contributed by atoms with van der Waals surface area (Å²) in [6, 6.07) is 2.07. The Labute approximate surface area is 109 Å². The van der Waals surface area contributed by atoms with Crippen LogP contribution >= 0.6 is 0 Å². The summed E-state index contributed by atoms with van der Waals surface area (Å²) in [6.07, 6.45) is 2.48. The molecule has 1 N–H and O–H groups in total. The predicted molar refractivity (Wildman–Crippen MR) is 68.7 cm³/mol. The summed E-state index contributed by atoms with van der Waals surface area (Å²) < 4.78 is 0. The summed E-state index contributed by atoms with van der Waals surface area (Å²) in [4.78, 5) is 15.9. The second-order valence-corrected chi connectivity index (χ2v) is 4.81. The zero-order valence-corrected chi connectivity index (χ0v) is 11.1. The molecule has 0 aromatic rings. The van der Waals surface area contributed by atoms with Gasteiger partial charge in [0.1, 0.15) is 0 Å². The normalized spacial score (nSPS) is 20.4. The van der Waals surface area contributed by atoms with E-state index in [2.05, 4.69) is 11.0 Å². The van der Waals surface area contributed by atoms with E-state index in [0.29, 0.717) is 32.0 Å². The Balaban J connectivity index is 2.40. The summed E-state index contributed by atoms with van der Waals surface area (Å²) >= 11 is 0. The first-order valence-electron chi connectivity index (χ1n) is 6.69. The first-order valence-corrected chi connectivity index (χ1v) is 6.69. The van der Waals surface area contributed by atoms with E-state index < -0.39 is 0 Å². The monoisotopic (exact) mass is 253 g/mol. The molecule has 18 heavy (non-hydrogen) atoms. The summed E-state index contributed by atoms with van der Waals surface area (Å²) in [5.74, 6) is 0.395. The second-order valence-electron chi connectivity index (χ2n) is 4.81. The largest absolute Gasteiger partial charge is 0.396 e. The Hall–Kier alpha value is -1.12. The summed E-state index contributed by atoms with van der Waals surface area (Å²) in [5.41, 5.74) is 0. The highest BCUT2D eigenvalue weighted by Gasteiger charge is 2.22. The number of likely N-dealkylation sites (tertiary alicyclic amines) is 1. The van der Waals surface area contributed by atoms with Gasteiger partial charge in [-0.15, -0.1) is 0 Å². The van der Waals surface area contributed by atoms with Gasteiger partial charge in [0.25, 0.3) is 0 Å². The van der Waals surface area contributed by atoms with Gasteiger partial charge in [-0.3, -0.25) is 9.69 Å². The minimum atomic E-state index is 0.0892. The Bertz CT molecular complexity index is 301. The van der Waals surface area contributed by atoms with Gasteiger partial charge in [-0.05, 0) is 32.2 Å². The number of aliphatic hydroxyl groups is 1. The lowest BCUT2D eigenvalue weighted by molar-refractivity contribution is -0.132. The fraction of sp³-hybridized carbons (Fsp3) is 0.846. The lowest BCUT2D eigenvalue weighted by Gasteiger charge is -2.32. The number of aliphatic hydroxyl groups excluding tert-OH is 1. The third kappa shape index (κ3) is 4.63. The van der Waals surface area contributed by atoms with Crippen LogP contribution in [0.1, 0.15) is 26.2 Å². The third-order valence-corrected chi connectivity index (χ3v) is 3.45. The van der Waals surface area contributed by atoms with Crippen molar-refractivity contribution in [1.29, 1.82) is 5.26 Å². The number of rotatable bonds is 6. The van der Waals surface area contributed by atoms with E-state index in [9.17, 15) is 4.79 Å². The lowest BCUT2D eigenvalue weighted by Crippen LogP contribution is -2.45. The summed E-state index contributed by atoms with van der Waals surface area (Å²) in [5, 5.41) is 17.7. The van der Waals surface area contributed by atoms with Gasteiger partial charge in [0.05, 0.1) is 19.0 Å². The maximum atomic E-state index is 12.1. The molecule has 0 saturated carbocycles. The van der Waals surface area contributed by atoms with E-state index in [1.54, 1.807) is 4.90 Å². The van der Waals surface area contributed by atoms with E-state index in [-0.39, 0.29) is 12.5 Å². The first kappa shape index (κ1) is 14.9. The van der Waals surface area contributed by atoms with Crippen molar-refractivity contribution >= 4 is 5.91 Å². The molecular weight excluding hydrogens is 230 g/mol. The highest BCUT2D eigenvalue weighted by Crippen LogP contribution is 2.15. The van der Waals surface area contributed by atoms with Crippen molar-refractivity contribution in [1.82, 2.24) is 9.80 Å². The van der Waals surface area contributed by atoms with Crippen LogP contribution in [0.3, 0.4) is 0 Å². The van der Waals surface area contributed by atoms with E-state index in [0.717, 1.165) is 25.9 Å². The van der Waals surface area contributed by atoms with Gasteiger partial charge >= 0.3 is 0 Å². The number of piperidine rings is 1. The van der Waals surface area contributed by atoms with Crippen molar-refractivity contribution in [2.75, 3.05) is 39.3 Å². The van der Waals surface area contributed by atoms with Crippen LogP contribution in [0.25, 0.3) is 0 Å². The number of likely N-dealkylation sites (N-methyl/N-ethyl adjacent to an activating group) is 1. The van der Waals surface area contributed by atoms with E-state index in [4.69, 9.17) is 10.4 Å². The molecule has 0 aromatic heterocycles. The zero-order valence-electron chi connectivity index (χ0n) is 11.1. The predicted octanol–water partition coefficient (Wildman–Crippen LogP) is 0.453. The molecule has 1 aliphatic rings. The number of amides is 1. The van der Waals surface area contributed by atoms with Gasteiger partial charge in [0, 0.05) is 26.2 Å². The minimum Gasteiger partial charge on any atom is -0.396 e. The number of carbonyl (C=O) groups is 1. The van der Waals surface area contributed by atoms with E-state index in [1.807, 2.05) is 6.92 Å². The molecule has 0 aliphatic carbocycles. The van der Waals surface area contributed by atoms with Crippen LogP contribution in [0.15, 0.2) is 0 Å². The number of nitrogens with zero attached hydrogens (tertiary/aromatic N) is 3. The quantitative estimate of drug-likeness (QED) is 0.746. The fourth-order valence-corrected chi connectivity index (χ4v) is 2.38. The Morgan fingerprint density at radius 1 is 1.61 bits per heavy atom. The van der Waals surface area contributed by atoms with Gasteiger partial charge in [-0.1, -0.05) is 0 Å². The Morgan fingerprint density at radius 3 is 3.00 bits per heavy atom. The van der Waals surface area contributed by atoms with Crippen LogP contribution in [0.2, 0.25) is 0 Å². The number of carbonyl (C=O) groups excluding carboxylic acids is 1. The average molecular weight is 253 g/mol. The van der Waals surface area contributed by atoms with Crippen molar-refractivity contribution in [3.8, 4) is 6.07 Å². The molecule has 5 heteroatoms. The molecule has 1 saturated heterocycles. The van der Waals surface area contributed by atoms with E-state index in [1.165, 1.54) is 0 Å². The maximum Gasteiger partial charge on any atom is 0.236 e. The molecule has 0 aromatic carbocycles. The van der Waals surface area contributed by atoms with Crippen LogP contribution in [-0.4, -0.2) is 60.1 Å². The molecule has 1 heterocycles. The minimum absolute atomic E-state index is 0.0892. The van der Waals surface area contributed by atoms with Crippen LogP contribution < -0.4 is 0 Å². The Kier molecular flexibility index (Phi) is 6.69. The number of nitriles is 1. The molecular formula is C13H23N3O2. The van der Waals surface area contributed by atoms with Gasteiger partial charge in [0.15, 0.2) is 0 Å². The summed E-state index contributed by atoms with van der Waals surface area (Å²) in [6.45, 7) is 5.45. The smallest absolute Gasteiger partial charge is 0.236 e. The highest BCUT2D eigenvalue weighted by molar-refractivity contribution is 5.78. The van der Waals surface area contributed by atoms with Crippen LogP contribution in [0.4, 0.5) is 0 Å². The molecule has 1 rings (SSSR count). The average Bonchev–Trinajstić information content (AvgIpc) is 2.40. The zero-order chi connectivity index (χ0) is 13.4. The van der Waals surface area contributed by atoms with Gasteiger partial charge < -0.3 is 10.0 Å². The Morgan fingerprint density at radius 2 is 2.39 bits per heavy atom. The summed E-state index contributed by atoms with van der Waals surface area (Å²) in [7, 11) is 0. The molecule has 0 spiro atoms. The molecule has 1 amide bonds. The molecule has 1 unspecified atom stereocenters. The molecule has 1 fully saturated rings. The standard InChI is InChI=1S/C13H23N3O2/c1-2-16(8-4-6-14)13(18)10-15-7-3-5-12(9-15)11-17/h12,17H,2-5,7-11H2,1H3. The SMILES string of the molecule is CCN(CCC#N)C(=O)CN1CCCC(CO)C1. The second kappa shape index (κ2) is 8.06. The highest BCUT2D eigenvalue weighted by atomic mass is 16.3. The van der Waals surface area contributed by atoms with Crippen LogP contribution in [0.5, 0.6) is 0 Å². The van der Waals surface area contributed by atoms with Crippen molar-refractivity contribution in [3.05, 3.63) is 0 Å². The van der Waals surface area contributed by atoms with Gasteiger partial charge in [-0.2, -0.15) is 5.26 Å². The molecule has 1 aliphatic heterocycles. The number of hydrogen-bond donors (Lipinski definition) is 1. The molecule has 5 nitrogen and oxygen atoms in total. The maximum absolute atomic E-state index is 12.1. The topological polar surface area (TPSA) is 67.6 Å². The van der Waals surface area contributed by atoms with Gasteiger partial charge in [-0.25, -0.2) is 0 Å². The molecule has 1 atom stereocenters. The van der Waals surface area contributed by atoms with Crippen LogP contribution in [-0.2, 0) is 4.79 Å². The lowest BCUT2D eigenvalue weighted by atomic mass is 9.99. The van der Waals surface area contributed by atoms with Crippen LogP contribution in [0, 0.1) is 17.2 Å². The third-order valence-electron chi connectivity index (χ3n) is 3.45. The number of hydrogen-bond acceptors (Lipinski definition) is 4. The molecule has 0 bridgehead atoms. The van der Waals surface area contributed by atoms with Crippen molar-refractivity contribution in [2.24, 2.45) is 5.92 Å². The van der Waals surface area contributed by atoms with Crippen molar-refractivity contribution in [2.45, 2.75) is 26.2 Å². The molecule has 0 radical (unpaired) electrons.